The minimum atomic E-state index is -0.208. The van der Waals surface area contributed by atoms with Crippen molar-refractivity contribution in [3.05, 3.63) is 23.8 Å². The minimum absolute atomic E-state index is 0.208. The molecule has 0 saturated carbocycles. The van der Waals surface area contributed by atoms with E-state index in [1.54, 1.807) is 7.11 Å². The Morgan fingerprint density at radius 3 is 3.07 bits per heavy atom. The molecule has 0 bridgehead atoms. The summed E-state index contributed by atoms with van der Waals surface area (Å²) in [5.74, 6) is 0.890. The molecule has 1 aromatic rings. The molecule has 0 fully saturated rings. The van der Waals surface area contributed by atoms with Gasteiger partial charge in [-0.1, -0.05) is 12.1 Å². The van der Waals surface area contributed by atoms with Crippen LogP contribution in [-0.4, -0.2) is 19.9 Å². The van der Waals surface area contributed by atoms with Crippen molar-refractivity contribution < 1.29 is 9.47 Å². The lowest BCUT2D eigenvalue weighted by atomic mass is 10.0. The molecule has 2 rings (SSSR count). The number of hydrogen-bond donors (Lipinski definition) is 1. The van der Waals surface area contributed by atoms with Crippen LogP contribution < -0.4 is 10.1 Å². The quantitative estimate of drug-likeness (QED) is 0.772. The van der Waals surface area contributed by atoms with Crippen LogP contribution in [0.5, 0.6) is 5.75 Å². The van der Waals surface area contributed by atoms with E-state index in [0.717, 1.165) is 24.4 Å². The first-order valence-electron chi connectivity index (χ1n) is 5.36. The summed E-state index contributed by atoms with van der Waals surface area (Å²) in [5, 5.41) is 3.38. The lowest BCUT2D eigenvalue weighted by Crippen LogP contribution is -2.17. The highest BCUT2D eigenvalue weighted by Gasteiger charge is 2.14. The number of fused-ring (bicyclic) bond motifs is 1. The van der Waals surface area contributed by atoms with Crippen molar-refractivity contribution in [1.82, 2.24) is 0 Å². The smallest absolute Gasteiger partial charge is 0.196 e. The first-order chi connectivity index (χ1) is 7.31. The Labute approximate surface area is 90.4 Å². The molecule has 0 amide bonds. The molecule has 0 saturated heterocycles. The van der Waals surface area contributed by atoms with E-state index in [9.17, 15) is 0 Å². The van der Waals surface area contributed by atoms with Gasteiger partial charge in [0.05, 0.1) is 5.69 Å². The van der Waals surface area contributed by atoms with Crippen LogP contribution in [0.3, 0.4) is 0 Å². The van der Waals surface area contributed by atoms with Gasteiger partial charge in [0.2, 0.25) is 0 Å². The van der Waals surface area contributed by atoms with Crippen molar-refractivity contribution in [3.63, 3.8) is 0 Å². The Kier molecular flexibility index (Phi) is 3.11. The van der Waals surface area contributed by atoms with E-state index in [2.05, 4.69) is 11.4 Å². The molecule has 0 aliphatic carbocycles. The van der Waals surface area contributed by atoms with Crippen molar-refractivity contribution in [2.45, 2.75) is 26.1 Å². The number of para-hydroxylation sites is 1. The van der Waals surface area contributed by atoms with Gasteiger partial charge in [0, 0.05) is 13.7 Å². The Bertz CT molecular complexity index is 338. The first kappa shape index (κ1) is 10.3. The third kappa shape index (κ3) is 2.23. The number of nitrogens with one attached hydrogen (secondary N) is 1. The van der Waals surface area contributed by atoms with E-state index < -0.39 is 0 Å². The Morgan fingerprint density at radius 2 is 2.27 bits per heavy atom. The van der Waals surface area contributed by atoms with E-state index in [1.165, 1.54) is 12.0 Å². The molecular weight excluding hydrogens is 190 g/mol. The third-order valence-corrected chi connectivity index (χ3v) is 2.66. The Balaban J connectivity index is 2.23. The summed E-state index contributed by atoms with van der Waals surface area (Å²) in [6.45, 7) is 2.91. The molecule has 3 heteroatoms. The average Bonchev–Trinajstić information content (AvgIpc) is 2.29. The summed E-state index contributed by atoms with van der Waals surface area (Å²) in [4.78, 5) is 0. The molecule has 1 aromatic carbocycles. The number of benzene rings is 1. The second-order valence-corrected chi connectivity index (χ2v) is 3.74. The molecule has 0 radical (unpaired) electrons. The summed E-state index contributed by atoms with van der Waals surface area (Å²) in [6, 6.07) is 6.15. The molecule has 1 aliphatic heterocycles. The Hall–Kier alpha value is -1.22. The monoisotopic (exact) mass is 207 g/mol. The molecule has 15 heavy (non-hydrogen) atoms. The molecule has 1 N–H and O–H groups in total. The largest absolute Gasteiger partial charge is 0.463 e. The highest BCUT2D eigenvalue weighted by Crippen LogP contribution is 2.32. The SMILES string of the molecule is COC(C)Oc1cccc2c1NCCC2. The van der Waals surface area contributed by atoms with Crippen molar-refractivity contribution in [3.8, 4) is 5.75 Å². The fourth-order valence-corrected chi connectivity index (χ4v) is 1.80. The fourth-order valence-electron chi connectivity index (χ4n) is 1.80. The van der Waals surface area contributed by atoms with E-state index >= 15 is 0 Å². The molecular formula is C12H17NO2. The summed E-state index contributed by atoms with van der Waals surface area (Å²) < 4.78 is 10.8. The van der Waals surface area contributed by atoms with Gasteiger partial charge in [-0.2, -0.15) is 0 Å². The van der Waals surface area contributed by atoms with Gasteiger partial charge < -0.3 is 14.8 Å². The van der Waals surface area contributed by atoms with Crippen LogP contribution in [0.25, 0.3) is 0 Å². The van der Waals surface area contributed by atoms with Gasteiger partial charge >= 0.3 is 0 Å². The summed E-state index contributed by atoms with van der Waals surface area (Å²) in [6.07, 6.45) is 2.11. The van der Waals surface area contributed by atoms with Gasteiger partial charge in [-0.15, -0.1) is 0 Å². The maximum Gasteiger partial charge on any atom is 0.196 e. The van der Waals surface area contributed by atoms with E-state index in [1.807, 2.05) is 19.1 Å². The van der Waals surface area contributed by atoms with Crippen LogP contribution in [0.1, 0.15) is 18.9 Å². The van der Waals surface area contributed by atoms with Crippen LogP contribution in [0.4, 0.5) is 5.69 Å². The van der Waals surface area contributed by atoms with Crippen molar-refractivity contribution in [1.29, 1.82) is 0 Å². The Morgan fingerprint density at radius 1 is 1.40 bits per heavy atom. The molecule has 1 heterocycles. The number of ether oxygens (including phenoxy) is 2. The maximum atomic E-state index is 5.68. The van der Waals surface area contributed by atoms with Crippen molar-refractivity contribution in [2.24, 2.45) is 0 Å². The molecule has 1 aliphatic rings. The minimum Gasteiger partial charge on any atom is -0.463 e. The average molecular weight is 207 g/mol. The zero-order chi connectivity index (χ0) is 10.7. The van der Waals surface area contributed by atoms with Crippen LogP contribution in [0, 0.1) is 0 Å². The number of anilines is 1. The molecule has 0 spiro atoms. The van der Waals surface area contributed by atoms with Gasteiger partial charge in [-0.25, -0.2) is 0 Å². The highest BCUT2D eigenvalue weighted by atomic mass is 16.7. The maximum absolute atomic E-state index is 5.68. The third-order valence-electron chi connectivity index (χ3n) is 2.66. The van der Waals surface area contributed by atoms with Gasteiger partial charge in [0.25, 0.3) is 0 Å². The van der Waals surface area contributed by atoms with E-state index in [0.29, 0.717) is 0 Å². The van der Waals surface area contributed by atoms with Crippen LogP contribution in [0.2, 0.25) is 0 Å². The molecule has 0 aromatic heterocycles. The van der Waals surface area contributed by atoms with Crippen LogP contribution in [0.15, 0.2) is 18.2 Å². The van der Waals surface area contributed by atoms with Crippen LogP contribution >= 0.6 is 0 Å². The van der Waals surface area contributed by atoms with Crippen molar-refractivity contribution in [2.75, 3.05) is 19.0 Å². The standard InChI is InChI=1S/C12H17NO2/c1-9(14-2)15-11-7-3-5-10-6-4-8-13-12(10)11/h3,5,7,9,13H,4,6,8H2,1-2H3. The number of methoxy groups -OCH3 is 1. The normalized spacial score (nSPS) is 16.4. The van der Waals surface area contributed by atoms with Gasteiger partial charge in [-0.05, 0) is 31.4 Å². The predicted octanol–water partition coefficient (Wildman–Crippen LogP) is 2.42. The number of aryl methyl sites for hydroxylation is 1. The second kappa shape index (κ2) is 4.53. The van der Waals surface area contributed by atoms with E-state index in [4.69, 9.17) is 9.47 Å². The van der Waals surface area contributed by atoms with Gasteiger partial charge in [-0.3, -0.25) is 0 Å². The fraction of sp³-hybridized carbons (Fsp3) is 0.500. The van der Waals surface area contributed by atoms with Crippen LogP contribution in [-0.2, 0) is 11.2 Å². The van der Waals surface area contributed by atoms with Gasteiger partial charge in [0.15, 0.2) is 6.29 Å². The molecule has 82 valence electrons. The zero-order valence-electron chi connectivity index (χ0n) is 9.25. The number of hydrogen-bond acceptors (Lipinski definition) is 3. The van der Waals surface area contributed by atoms with E-state index in [-0.39, 0.29) is 6.29 Å². The first-order valence-corrected chi connectivity index (χ1v) is 5.36. The second-order valence-electron chi connectivity index (χ2n) is 3.74. The summed E-state index contributed by atoms with van der Waals surface area (Å²) in [7, 11) is 1.65. The topological polar surface area (TPSA) is 30.5 Å². The van der Waals surface area contributed by atoms with Crippen molar-refractivity contribution >= 4 is 5.69 Å². The predicted molar refractivity (Wildman–Crippen MR) is 60.4 cm³/mol. The molecule has 1 unspecified atom stereocenters. The highest BCUT2D eigenvalue weighted by molar-refractivity contribution is 5.63. The van der Waals surface area contributed by atoms with Gasteiger partial charge in [0.1, 0.15) is 5.75 Å². The summed E-state index contributed by atoms with van der Waals surface area (Å²) >= 11 is 0. The molecule has 3 nitrogen and oxygen atoms in total. The lowest BCUT2D eigenvalue weighted by Gasteiger charge is -2.22. The lowest BCUT2D eigenvalue weighted by molar-refractivity contribution is -0.0379. The molecule has 1 atom stereocenters. The zero-order valence-corrected chi connectivity index (χ0v) is 9.25. The number of rotatable bonds is 3. The summed E-state index contributed by atoms with van der Waals surface area (Å²) in [5.41, 5.74) is 2.47.